The van der Waals surface area contributed by atoms with E-state index in [1.54, 1.807) is 0 Å². The minimum Gasteiger partial charge on any atom is -0.396 e. The first-order valence-corrected chi connectivity index (χ1v) is 9.14. The van der Waals surface area contributed by atoms with Crippen molar-refractivity contribution >= 4 is 6.03 Å². The molecule has 0 bridgehead atoms. The van der Waals surface area contributed by atoms with Gasteiger partial charge < -0.3 is 20.1 Å². The zero-order valence-corrected chi connectivity index (χ0v) is 14.2. The highest BCUT2D eigenvalue weighted by Crippen LogP contribution is 2.34. The number of aliphatic hydroxyl groups excluding tert-OH is 1. The molecule has 2 atom stereocenters. The molecule has 2 aliphatic rings. The van der Waals surface area contributed by atoms with Crippen LogP contribution in [0.4, 0.5) is 4.79 Å². The van der Waals surface area contributed by atoms with Crippen LogP contribution in [0.25, 0.3) is 0 Å². The second-order valence-electron chi connectivity index (χ2n) is 6.70. The molecule has 1 aromatic carbocycles. The molecule has 5 heteroatoms. The van der Waals surface area contributed by atoms with Crippen LogP contribution in [0.5, 0.6) is 0 Å². The highest BCUT2D eigenvalue weighted by Gasteiger charge is 2.29. The third-order valence-corrected chi connectivity index (χ3v) is 5.04. The Hall–Kier alpha value is -1.59. The fourth-order valence-electron chi connectivity index (χ4n) is 3.80. The second kappa shape index (κ2) is 8.49. The third-order valence-electron chi connectivity index (χ3n) is 5.04. The van der Waals surface area contributed by atoms with Crippen molar-refractivity contribution in [2.75, 3.05) is 26.3 Å². The van der Waals surface area contributed by atoms with E-state index in [0.29, 0.717) is 19.5 Å². The van der Waals surface area contributed by atoms with E-state index in [-0.39, 0.29) is 24.8 Å². The first-order chi connectivity index (χ1) is 11.8. The van der Waals surface area contributed by atoms with Gasteiger partial charge in [-0.15, -0.1) is 0 Å². The lowest BCUT2D eigenvalue weighted by atomic mass is 9.87. The Balaban J connectivity index is 1.70. The number of nitrogens with one attached hydrogen (secondary N) is 1. The van der Waals surface area contributed by atoms with E-state index in [1.165, 1.54) is 11.1 Å². The number of fused-ring (bicyclic) bond motifs is 1. The van der Waals surface area contributed by atoms with Crippen LogP contribution in [0.1, 0.15) is 49.3 Å². The quantitative estimate of drug-likeness (QED) is 0.842. The van der Waals surface area contributed by atoms with Crippen molar-refractivity contribution in [1.82, 2.24) is 10.2 Å². The summed E-state index contributed by atoms with van der Waals surface area (Å²) in [5.41, 5.74) is 2.60. The number of hydrogen-bond acceptors (Lipinski definition) is 3. The van der Waals surface area contributed by atoms with Crippen molar-refractivity contribution in [3.05, 3.63) is 35.4 Å². The van der Waals surface area contributed by atoms with E-state index in [2.05, 4.69) is 23.5 Å². The Morgan fingerprint density at radius 2 is 2.17 bits per heavy atom. The van der Waals surface area contributed by atoms with Crippen LogP contribution in [-0.2, 0) is 11.2 Å². The summed E-state index contributed by atoms with van der Waals surface area (Å²) in [5, 5.41) is 12.3. The molecular formula is C19H28N2O3. The van der Waals surface area contributed by atoms with Gasteiger partial charge in [-0.3, -0.25) is 0 Å². The monoisotopic (exact) mass is 332 g/mol. The van der Waals surface area contributed by atoms with Crippen molar-refractivity contribution in [1.29, 1.82) is 0 Å². The summed E-state index contributed by atoms with van der Waals surface area (Å²) in [6.07, 6.45) is 6.00. The average molecular weight is 332 g/mol. The molecule has 1 aliphatic carbocycles. The zero-order chi connectivity index (χ0) is 16.8. The van der Waals surface area contributed by atoms with E-state index < -0.39 is 0 Å². The van der Waals surface area contributed by atoms with E-state index >= 15 is 0 Å². The standard InChI is InChI=1S/C19H28N2O3/c22-12-5-11-21(19(23)20-14-16-8-4-13-24-16)18-10-3-7-15-6-1-2-9-17(15)18/h1-2,6,9,16,18,22H,3-5,7-8,10-14H2,(H,20,23)/t16-,18-/m0/s1. The number of urea groups is 1. The highest BCUT2D eigenvalue weighted by atomic mass is 16.5. The van der Waals surface area contributed by atoms with Crippen LogP contribution < -0.4 is 5.32 Å². The van der Waals surface area contributed by atoms with Gasteiger partial charge in [0.1, 0.15) is 0 Å². The number of hydrogen-bond donors (Lipinski definition) is 2. The summed E-state index contributed by atoms with van der Waals surface area (Å²) in [6, 6.07) is 8.48. The molecule has 0 spiro atoms. The van der Waals surface area contributed by atoms with Gasteiger partial charge in [0.15, 0.2) is 0 Å². The molecule has 1 heterocycles. The maximum absolute atomic E-state index is 12.8. The Kier molecular flexibility index (Phi) is 6.10. The molecular weight excluding hydrogens is 304 g/mol. The Morgan fingerprint density at radius 1 is 1.29 bits per heavy atom. The molecule has 2 amide bonds. The summed E-state index contributed by atoms with van der Waals surface area (Å²) in [7, 11) is 0. The van der Waals surface area contributed by atoms with Gasteiger partial charge in [-0.1, -0.05) is 24.3 Å². The van der Waals surface area contributed by atoms with Gasteiger partial charge in [-0.05, 0) is 49.7 Å². The average Bonchev–Trinajstić information content (AvgIpc) is 3.14. The molecule has 2 N–H and O–H groups in total. The topological polar surface area (TPSA) is 61.8 Å². The van der Waals surface area contributed by atoms with Gasteiger partial charge in [-0.2, -0.15) is 0 Å². The minimum atomic E-state index is -0.0411. The molecule has 5 nitrogen and oxygen atoms in total. The van der Waals surface area contributed by atoms with Crippen molar-refractivity contribution in [3.8, 4) is 0 Å². The highest BCUT2D eigenvalue weighted by molar-refractivity contribution is 5.75. The van der Waals surface area contributed by atoms with E-state index in [1.807, 2.05) is 11.0 Å². The molecule has 1 aliphatic heterocycles. The lowest BCUT2D eigenvalue weighted by molar-refractivity contribution is 0.105. The predicted molar refractivity (Wildman–Crippen MR) is 92.9 cm³/mol. The van der Waals surface area contributed by atoms with E-state index in [9.17, 15) is 9.90 Å². The predicted octanol–water partition coefficient (Wildman–Crippen LogP) is 2.64. The molecule has 132 valence electrons. The summed E-state index contributed by atoms with van der Waals surface area (Å²) in [6.45, 7) is 2.05. The van der Waals surface area contributed by atoms with Gasteiger partial charge in [0.2, 0.25) is 0 Å². The number of ether oxygens (including phenoxy) is 1. The molecule has 1 fully saturated rings. The summed E-state index contributed by atoms with van der Waals surface area (Å²) >= 11 is 0. The van der Waals surface area contributed by atoms with Gasteiger partial charge in [0.25, 0.3) is 0 Å². The molecule has 24 heavy (non-hydrogen) atoms. The summed E-state index contributed by atoms with van der Waals surface area (Å²) in [4.78, 5) is 14.7. The second-order valence-corrected chi connectivity index (χ2v) is 6.70. The number of rotatable bonds is 6. The van der Waals surface area contributed by atoms with Crippen LogP contribution in [0.15, 0.2) is 24.3 Å². The van der Waals surface area contributed by atoms with Gasteiger partial charge >= 0.3 is 6.03 Å². The molecule has 3 rings (SSSR count). The molecule has 1 saturated heterocycles. The van der Waals surface area contributed by atoms with Crippen LogP contribution in [0, 0.1) is 0 Å². The van der Waals surface area contributed by atoms with Gasteiger partial charge in [0.05, 0.1) is 12.1 Å². The smallest absolute Gasteiger partial charge is 0.318 e. The Morgan fingerprint density at radius 3 is 2.96 bits per heavy atom. The zero-order valence-electron chi connectivity index (χ0n) is 14.2. The van der Waals surface area contributed by atoms with E-state index in [4.69, 9.17) is 4.74 Å². The van der Waals surface area contributed by atoms with Crippen molar-refractivity contribution in [3.63, 3.8) is 0 Å². The lowest BCUT2D eigenvalue weighted by Crippen LogP contribution is -2.46. The molecule has 0 saturated carbocycles. The normalized spacial score (nSPS) is 22.9. The third kappa shape index (κ3) is 4.08. The molecule has 0 aromatic heterocycles. The number of amides is 2. The van der Waals surface area contributed by atoms with Crippen LogP contribution >= 0.6 is 0 Å². The van der Waals surface area contributed by atoms with Crippen molar-refractivity contribution in [2.45, 2.75) is 50.7 Å². The number of aryl methyl sites for hydroxylation is 1. The minimum absolute atomic E-state index is 0.0411. The van der Waals surface area contributed by atoms with Gasteiger partial charge in [0, 0.05) is 26.3 Å². The van der Waals surface area contributed by atoms with Crippen LogP contribution in [0.3, 0.4) is 0 Å². The molecule has 0 unspecified atom stereocenters. The number of carbonyl (C=O) groups excluding carboxylic acids is 1. The largest absolute Gasteiger partial charge is 0.396 e. The molecule has 0 radical (unpaired) electrons. The lowest BCUT2D eigenvalue weighted by Gasteiger charge is -2.36. The summed E-state index contributed by atoms with van der Waals surface area (Å²) < 4.78 is 5.59. The summed E-state index contributed by atoms with van der Waals surface area (Å²) in [5.74, 6) is 0. The Labute approximate surface area is 144 Å². The van der Waals surface area contributed by atoms with E-state index in [0.717, 1.165) is 38.7 Å². The maximum atomic E-state index is 12.8. The van der Waals surface area contributed by atoms with Crippen molar-refractivity contribution in [2.24, 2.45) is 0 Å². The van der Waals surface area contributed by atoms with Crippen LogP contribution in [0.2, 0.25) is 0 Å². The van der Waals surface area contributed by atoms with Gasteiger partial charge in [-0.25, -0.2) is 4.79 Å². The molecule has 1 aromatic rings. The first-order valence-electron chi connectivity index (χ1n) is 9.14. The number of benzene rings is 1. The Bertz CT molecular complexity index is 543. The number of aliphatic hydroxyl groups is 1. The number of carbonyl (C=O) groups is 1. The van der Waals surface area contributed by atoms with Crippen molar-refractivity contribution < 1.29 is 14.6 Å². The number of nitrogens with zero attached hydrogens (tertiary/aromatic N) is 1. The van der Waals surface area contributed by atoms with Crippen LogP contribution in [-0.4, -0.2) is 48.4 Å². The maximum Gasteiger partial charge on any atom is 0.318 e. The fraction of sp³-hybridized carbons (Fsp3) is 0.632. The SMILES string of the molecule is O=C(NC[C@@H]1CCCO1)N(CCCO)[C@H]1CCCc2ccccc21. The fourth-order valence-corrected chi connectivity index (χ4v) is 3.80. The first kappa shape index (κ1) is 17.2.